The van der Waals surface area contributed by atoms with Crippen molar-refractivity contribution in [3.05, 3.63) is 59.7 Å². The summed E-state index contributed by atoms with van der Waals surface area (Å²) in [5, 5.41) is 9.85. The maximum Gasteiger partial charge on any atom is 0.256 e. The van der Waals surface area contributed by atoms with E-state index in [4.69, 9.17) is 4.74 Å². The second kappa shape index (κ2) is 11.8. The van der Waals surface area contributed by atoms with Crippen LogP contribution in [0.25, 0.3) is 16.7 Å². The molecule has 3 N–H and O–H groups in total. The molecule has 0 atom stereocenters. The van der Waals surface area contributed by atoms with Gasteiger partial charge >= 0.3 is 0 Å². The summed E-state index contributed by atoms with van der Waals surface area (Å²) in [6, 6.07) is 8.42. The Bertz CT molecular complexity index is 1280. The van der Waals surface area contributed by atoms with Crippen molar-refractivity contribution < 1.29 is 9.53 Å². The number of aromatic nitrogens is 1. The van der Waals surface area contributed by atoms with Crippen molar-refractivity contribution in [1.29, 1.82) is 0 Å². The number of allylic oxidation sites excluding steroid dienone is 1. The summed E-state index contributed by atoms with van der Waals surface area (Å²) in [5.74, 6) is 0.883. The molecule has 3 aliphatic rings. The minimum absolute atomic E-state index is 0.0800. The van der Waals surface area contributed by atoms with Gasteiger partial charge in [0.05, 0.1) is 31.6 Å². The van der Waals surface area contributed by atoms with Crippen molar-refractivity contribution in [2.45, 2.75) is 19.8 Å². The maximum atomic E-state index is 13.5. The summed E-state index contributed by atoms with van der Waals surface area (Å²) < 4.78 is 5.50. The van der Waals surface area contributed by atoms with Gasteiger partial charge in [-0.3, -0.25) is 14.8 Å². The van der Waals surface area contributed by atoms with Crippen molar-refractivity contribution in [3.63, 3.8) is 0 Å². The second-order valence-corrected chi connectivity index (χ2v) is 10.2. The molecule has 4 heterocycles. The molecule has 1 saturated heterocycles. The van der Waals surface area contributed by atoms with Crippen molar-refractivity contribution in [2.75, 3.05) is 70.2 Å². The number of rotatable bonds is 7. The zero-order chi connectivity index (χ0) is 26.5. The fourth-order valence-electron chi connectivity index (χ4n) is 4.91. The Balaban J connectivity index is 1.33. The molecule has 38 heavy (non-hydrogen) atoms. The lowest BCUT2D eigenvalue weighted by atomic mass is 9.91. The van der Waals surface area contributed by atoms with Gasteiger partial charge in [0.1, 0.15) is 5.84 Å². The Kier molecular flexibility index (Phi) is 8.05. The molecular formula is C29H37N7O2. The molecule has 0 saturated carbocycles. The number of anilines is 2. The molecule has 0 unspecified atom stereocenters. The van der Waals surface area contributed by atoms with Crippen LogP contribution in [0.1, 0.15) is 25.3 Å². The SMILES string of the molecule is CC1=C(C(=O)NC2=CNC(=NCCN(C)C)CC2)c2cc(-c3cncc(N4CCOCC4)c3)ccc2NC1. The number of aliphatic imine (C=N–C) groups is 1. The van der Waals surface area contributed by atoms with Crippen LogP contribution in [-0.2, 0) is 9.53 Å². The number of carbonyl (C=O) groups excluding carboxylic acids is 1. The lowest BCUT2D eigenvalue weighted by Crippen LogP contribution is -2.36. The molecule has 3 aliphatic heterocycles. The maximum absolute atomic E-state index is 13.5. The van der Waals surface area contributed by atoms with E-state index in [1.807, 2.05) is 39.6 Å². The van der Waals surface area contributed by atoms with Gasteiger partial charge in [0.15, 0.2) is 0 Å². The number of ether oxygens (including phenoxy) is 1. The summed E-state index contributed by atoms with van der Waals surface area (Å²) in [4.78, 5) is 27.1. The number of nitrogens with one attached hydrogen (secondary N) is 3. The highest BCUT2D eigenvalue weighted by Gasteiger charge is 2.24. The number of carbonyl (C=O) groups is 1. The third kappa shape index (κ3) is 6.06. The smallest absolute Gasteiger partial charge is 0.256 e. The average Bonchev–Trinajstić information content (AvgIpc) is 2.94. The first-order valence-corrected chi connectivity index (χ1v) is 13.3. The van der Waals surface area contributed by atoms with Crippen LogP contribution in [0.4, 0.5) is 11.4 Å². The van der Waals surface area contributed by atoms with Gasteiger partial charge in [0.2, 0.25) is 0 Å². The monoisotopic (exact) mass is 515 g/mol. The van der Waals surface area contributed by atoms with Crippen LogP contribution in [0.5, 0.6) is 0 Å². The Labute approximate surface area is 224 Å². The van der Waals surface area contributed by atoms with E-state index in [1.165, 1.54) is 0 Å². The van der Waals surface area contributed by atoms with Crippen LogP contribution in [-0.4, -0.2) is 81.7 Å². The van der Waals surface area contributed by atoms with Crippen LogP contribution in [0.15, 0.2) is 59.1 Å². The standard InChI is InChI=1S/C29H37N7O2/c1-20-16-32-26-6-4-21(22-14-24(19-30-17-22)36-10-12-38-13-11-36)15-25(26)28(20)29(37)34-23-5-7-27(33-18-23)31-8-9-35(2)3/h4,6,14-15,17-19,32H,5,7-13,16H2,1-3H3,(H,31,33)(H,34,37). The van der Waals surface area contributed by atoms with Gasteiger partial charge < -0.3 is 30.5 Å². The molecule has 2 aromatic rings. The highest BCUT2D eigenvalue weighted by atomic mass is 16.5. The highest BCUT2D eigenvalue weighted by Crippen LogP contribution is 2.35. The predicted octanol–water partition coefficient (Wildman–Crippen LogP) is 3.09. The Morgan fingerprint density at radius 2 is 2.00 bits per heavy atom. The minimum atomic E-state index is -0.0800. The zero-order valence-electron chi connectivity index (χ0n) is 22.5. The first kappa shape index (κ1) is 25.9. The van der Waals surface area contributed by atoms with E-state index in [1.54, 1.807) is 0 Å². The van der Waals surface area contributed by atoms with Crippen molar-refractivity contribution in [3.8, 4) is 11.1 Å². The topological polar surface area (TPSA) is 94.1 Å². The largest absolute Gasteiger partial charge is 0.381 e. The lowest BCUT2D eigenvalue weighted by molar-refractivity contribution is -0.115. The predicted molar refractivity (Wildman–Crippen MR) is 153 cm³/mol. The Morgan fingerprint density at radius 1 is 1.16 bits per heavy atom. The number of hydrogen-bond donors (Lipinski definition) is 3. The molecule has 1 amide bonds. The number of amides is 1. The van der Waals surface area contributed by atoms with Crippen molar-refractivity contribution in [1.82, 2.24) is 20.5 Å². The summed E-state index contributed by atoms with van der Waals surface area (Å²) >= 11 is 0. The normalized spacial score (nSPS) is 18.6. The van der Waals surface area contributed by atoms with Crippen LogP contribution >= 0.6 is 0 Å². The summed E-state index contributed by atoms with van der Waals surface area (Å²) in [6.07, 6.45) is 7.19. The van der Waals surface area contributed by atoms with Gasteiger partial charge in [-0.15, -0.1) is 0 Å². The van der Waals surface area contributed by atoms with E-state index in [0.29, 0.717) is 6.54 Å². The minimum Gasteiger partial charge on any atom is -0.381 e. The molecule has 200 valence electrons. The second-order valence-electron chi connectivity index (χ2n) is 10.2. The van der Waals surface area contributed by atoms with Gasteiger partial charge in [0, 0.05) is 73.1 Å². The average molecular weight is 516 g/mol. The molecule has 1 fully saturated rings. The Hall–Kier alpha value is -3.69. The number of morpholine rings is 1. The van der Waals surface area contributed by atoms with E-state index >= 15 is 0 Å². The van der Waals surface area contributed by atoms with Crippen LogP contribution < -0.4 is 20.9 Å². The van der Waals surface area contributed by atoms with Gasteiger partial charge in [-0.05, 0) is 56.8 Å². The van der Waals surface area contributed by atoms with E-state index in [2.05, 4.69) is 60.0 Å². The quantitative estimate of drug-likeness (QED) is 0.522. The number of likely N-dealkylation sites (N-methyl/N-ethyl adjacent to an activating group) is 1. The molecular weight excluding hydrogens is 478 g/mol. The summed E-state index contributed by atoms with van der Waals surface area (Å²) in [5.41, 5.74) is 7.65. The number of hydrogen-bond acceptors (Lipinski definition) is 7. The molecule has 0 aliphatic carbocycles. The van der Waals surface area contributed by atoms with E-state index in [-0.39, 0.29) is 5.91 Å². The number of benzene rings is 1. The summed E-state index contributed by atoms with van der Waals surface area (Å²) in [7, 11) is 4.08. The van der Waals surface area contributed by atoms with Gasteiger partial charge in [-0.1, -0.05) is 6.07 Å². The third-order valence-electron chi connectivity index (χ3n) is 7.09. The molecule has 1 aromatic heterocycles. The van der Waals surface area contributed by atoms with Gasteiger partial charge in [-0.25, -0.2) is 0 Å². The number of nitrogens with zero attached hydrogens (tertiary/aromatic N) is 4. The molecule has 5 rings (SSSR count). The van der Waals surface area contributed by atoms with Crippen LogP contribution in [0, 0.1) is 0 Å². The van der Waals surface area contributed by atoms with E-state index in [0.717, 1.165) is 103 Å². The number of amidine groups is 1. The summed E-state index contributed by atoms with van der Waals surface area (Å²) in [6.45, 7) is 7.51. The van der Waals surface area contributed by atoms with Gasteiger partial charge in [-0.2, -0.15) is 0 Å². The van der Waals surface area contributed by atoms with Crippen molar-refractivity contribution in [2.24, 2.45) is 4.99 Å². The molecule has 9 heteroatoms. The van der Waals surface area contributed by atoms with Crippen LogP contribution in [0.3, 0.4) is 0 Å². The number of fused-ring (bicyclic) bond motifs is 1. The zero-order valence-corrected chi connectivity index (χ0v) is 22.5. The lowest BCUT2D eigenvalue weighted by Gasteiger charge is -2.29. The van der Waals surface area contributed by atoms with Gasteiger partial charge in [0.25, 0.3) is 5.91 Å². The molecule has 0 bridgehead atoms. The number of pyridine rings is 1. The third-order valence-corrected chi connectivity index (χ3v) is 7.09. The fraction of sp³-hybridized carbons (Fsp3) is 0.414. The van der Waals surface area contributed by atoms with Crippen molar-refractivity contribution >= 4 is 28.7 Å². The molecule has 9 nitrogen and oxygen atoms in total. The molecule has 1 aromatic carbocycles. The van der Waals surface area contributed by atoms with Crippen LogP contribution in [0.2, 0.25) is 0 Å². The first-order valence-electron chi connectivity index (χ1n) is 13.3. The molecule has 0 radical (unpaired) electrons. The van der Waals surface area contributed by atoms with E-state index in [9.17, 15) is 4.79 Å². The highest BCUT2D eigenvalue weighted by molar-refractivity contribution is 6.23. The Morgan fingerprint density at radius 3 is 2.76 bits per heavy atom. The van der Waals surface area contributed by atoms with E-state index < -0.39 is 0 Å². The first-order chi connectivity index (χ1) is 18.5. The fourth-order valence-corrected chi connectivity index (χ4v) is 4.91. The molecule has 0 spiro atoms.